The molecule has 1 aliphatic heterocycles. The van der Waals surface area contributed by atoms with Crippen LogP contribution < -0.4 is 9.62 Å². The minimum atomic E-state index is -3.26. The second-order valence-electron chi connectivity index (χ2n) is 5.56. The molecule has 0 fully saturated rings. The van der Waals surface area contributed by atoms with Crippen LogP contribution >= 0.6 is 11.3 Å². The molecule has 1 N–H and O–H groups in total. The average molecular weight is 337 g/mol. The summed E-state index contributed by atoms with van der Waals surface area (Å²) >= 11 is 1.66. The summed E-state index contributed by atoms with van der Waals surface area (Å²) < 4.78 is 25.7. The Kier molecular flexibility index (Phi) is 4.10. The minimum Gasteiger partial charge on any atom is -0.365 e. The van der Waals surface area contributed by atoms with Gasteiger partial charge in [-0.3, -0.25) is 4.72 Å². The summed E-state index contributed by atoms with van der Waals surface area (Å²) in [6.45, 7) is 3.73. The number of benzene rings is 1. The van der Waals surface area contributed by atoms with Crippen molar-refractivity contribution >= 4 is 32.7 Å². The number of hydrogen-bond acceptors (Lipinski definition) is 5. The Morgan fingerprint density at radius 2 is 2.23 bits per heavy atom. The molecule has 1 aromatic carbocycles. The van der Waals surface area contributed by atoms with Gasteiger partial charge >= 0.3 is 0 Å². The molecule has 0 saturated carbocycles. The molecule has 2 heterocycles. The van der Waals surface area contributed by atoms with E-state index in [0.29, 0.717) is 5.69 Å². The van der Waals surface area contributed by atoms with Crippen LogP contribution in [0.3, 0.4) is 0 Å². The van der Waals surface area contributed by atoms with E-state index in [9.17, 15) is 8.42 Å². The fourth-order valence-corrected chi connectivity index (χ4v) is 4.03. The molecule has 118 valence electrons. The Balaban J connectivity index is 1.91. The van der Waals surface area contributed by atoms with Crippen molar-refractivity contribution in [3.05, 3.63) is 39.8 Å². The monoisotopic (exact) mass is 337 g/mol. The molecule has 0 bridgehead atoms. The molecule has 0 atom stereocenters. The van der Waals surface area contributed by atoms with Crippen molar-refractivity contribution in [3.8, 4) is 0 Å². The number of aromatic nitrogens is 1. The van der Waals surface area contributed by atoms with Gasteiger partial charge < -0.3 is 4.90 Å². The third kappa shape index (κ3) is 3.41. The number of nitrogens with zero attached hydrogens (tertiary/aromatic N) is 2. The number of aryl methyl sites for hydroxylation is 1. The molecule has 7 heteroatoms. The van der Waals surface area contributed by atoms with E-state index in [1.54, 1.807) is 11.3 Å². The molecule has 0 saturated heterocycles. The SMILES string of the molecule is Cc1nc(CN2CCCc3c(NS(C)(=O)=O)cccc32)cs1. The number of hydrogen-bond donors (Lipinski definition) is 1. The highest BCUT2D eigenvalue weighted by molar-refractivity contribution is 7.92. The first kappa shape index (κ1) is 15.3. The second kappa shape index (κ2) is 5.89. The lowest BCUT2D eigenvalue weighted by Crippen LogP contribution is -2.29. The van der Waals surface area contributed by atoms with Crippen molar-refractivity contribution < 1.29 is 8.42 Å². The lowest BCUT2D eigenvalue weighted by Gasteiger charge is -2.32. The van der Waals surface area contributed by atoms with Gasteiger partial charge in [0.2, 0.25) is 10.0 Å². The number of rotatable bonds is 4. The topological polar surface area (TPSA) is 62.3 Å². The largest absolute Gasteiger partial charge is 0.365 e. The first-order valence-electron chi connectivity index (χ1n) is 7.18. The van der Waals surface area contributed by atoms with Crippen LogP contribution in [-0.2, 0) is 23.0 Å². The van der Waals surface area contributed by atoms with Crippen LogP contribution in [0.2, 0.25) is 0 Å². The highest BCUT2D eigenvalue weighted by Gasteiger charge is 2.21. The number of sulfonamides is 1. The molecule has 0 aliphatic carbocycles. The van der Waals surface area contributed by atoms with E-state index >= 15 is 0 Å². The van der Waals surface area contributed by atoms with Gasteiger partial charge in [0.15, 0.2) is 0 Å². The van der Waals surface area contributed by atoms with E-state index in [1.807, 2.05) is 19.1 Å². The summed E-state index contributed by atoms with van der Waals surface area (Å²) in [7, 11) is -3.26. The lowest BCUT2D eigenvalue weighted by molar-refractivity contribution is 0.606. The van der Waals surface area contributed by atoms with Crippen molar-refractivity contribution in [2.24, 2.45) is 0 Å². The Morgan fingerprint density at radius 1 is 1.41 bits per heavy atom. The number of fused-ring (bicyclic) bond motifs is 1. The summed E-state index contributed by atoms with van der Waals surface area (Å²) in [4.78, 5) is 6.80. The standard InChI is InChI=1S/C15H19N3O2S2/c1-11-16-12(10-21-11)9-18-8-4-5-13-14(17-22(2,19)20)6-3-7-15(13)18/h3,6-7,10,17H,4-5,8-9H2,1-2H3. The van der Waals surface area contributed by atoms with Crippen molar-refractivity contribution in [2.45, 2.75) is 26.3 Å². The first-order valence-corrected chi connectivity index (χ1v) is 9.95. The van der Waals surface area contributed by atoms with E-state index in [0.717, 1.165) is 47.9 Å². The lowest BCUT2D eigenvalue weighted by atomic mass is 10.00. The highest BCUT2D eigenvalue weighted by Crippen LogP contribution is 2.34. The first-order chi connectivity index (χ1) is 10.4. The zero-order chi connectivity index (χ0) is 15.7. The third-order valence-electron chi connectivity index (χ3n) is 3.66. The van der Waals surface area contributed by atoms with Crippen molar-refractivity contribution in [1.29, 1.82) is 0 Å². The zero-order valence-electron chi connectivity index (χ0n) is 12.7. The van der Waals surface area contributed by atoms with Gasteiger partial charge in [-0.2, -0.15) is 0 Å². The average Bonchev–Trinajstić information content (AvgIpc) is 2.84. The van der Waals surface area contributed by atoms with Gasteiger partial charge in [0, 0.05) is 17.6 Å². The summed E-state index contributed by atoms with van der Waals surface area (Å²) in [5.41, 5.74) is 3.94. The van der Waals surface area contributed by atoms with Crippen molar-refractivity contribution in [3.63, 3.8) is 0 Å². The van der Waals surface area contributed by atoms with Crippen LogP contribution in [0.1, 0.15) is 22.7 Å². The molecule has 22 heavy (non-hydrogen) atoms. The molecular formula is C15H19N3O2S2. The summed E-state index contributed by atoms with van der Waals surface area (Å²) in [5.74, 6) is 0. The quantitative estimate of drug-likeness (QED) is 0.932. The second-order valence-corrected chi connectivity index (χ2v) is 8.37. The van der Waals surface area contributed by atoms with Gasteiger partial charge in [0.1, 0.15) is 0 Å². The van der Waals surface area contributed by atoms with Gasteiger partial charge in [0.25, 0.3) is 0 Å². The Hall–Kier alpha value is -1.60. The maximum absolute atomic E-state index is 11.5. The molecule has 1 aromatic heterocycles. The smallest absolute Gasteiger partial charge is 0.229 e. The fraction of sp³-hybridized carbons (Fsp3) is 0.400. The van der Waals surface area contributed by atoms with E-state index < -0.39 is 10.0 Å². The van der Waals surface area contributed by atoms with E-state index in [2.05, 4.69) is 26.1 Å². The Labute approximate surface area is 135 Å². The fourth-order valence-electron chi connectivity index (χ4n) is 2.84. The predicted octanol–water partition coefficient (Wildman–Crippen LogP) is 2.78. The minimum absolute atomic E-state index is 0.694. The Morgan fingerprint density at radius 3 is 2.91 bits per heavy atom. The molecule has 5 nitrogen and oxygen atoms in total. The molecule has 0 unspecified atom stereocenters. The number of thiazole rings is 1. The molecule has 0 amide bonds. The molecule has 0 radical (unpaired) electrons. The van der Waals surface area contributed by atoms with Gasteiger partial charge in [-0.15, -0.1) is 11.3 Å². The zero-order valence-corrected chi connectivity index (χ0v) is 14.3. The maximum atomic E-state index is 11.5. The van der Waals surface area contributed by atoms with Crippen LogP contribution in [0.4, 0.5) is 11.4 Å². The maximum Gasteiger partial charge on any atom is 0.229 e. The number of nitrogens with one attached hydrogen (secondary N) is 1. The van der Waals surface area contributed by atoms with Crippen LogP contribution in [-0.4, -0.2) is 26.2 Å². The number of anilines is 2. The van der Waals surface area contributed by atoms with Crippen LogP contribution in [0.15, 0.2) is 23.6 Å². The molecule has 3 rings (SSSR count). The van der Waals surface area contributed by atoms with Gasteiger partial charge in [0.05, 0.1) is 29.2 Å². The van der Waals surface area contributed by atoms with E-state index in [4.69, 9.17) is 0 Å². The van der Waals surface area contributed by atoms with Crippen LogP contribution in [0.5, 0.6) is 0 Å². The normalized spacial score (nSPS) is 14.7. The van der Waals surface area contributed by atoms with Crippen LogP contribution in [0.25, 0.3) is 0 Å². The summed E-state index contributed by atoms with van der Waals surface area (Å²) in [5, 5.41) is 3.15. The summed E-state index contributed by atoms with van der Waals surface area (Å²) in [6, 6.07) is 5.79. The third-order valence-corrected chi connectivity index (χ3v) is 5.07. The molecule has 1 aliphatic rings. The van der Waals surface area contributed by atoms with Crippen molar-refractivity contribution in [1.82, 2.24) is 4.98 Å². The highest BCUT2D eigenvalue weighted by atomic mass is 32.2. The van der Waals surface area contributed by atoms with Gasteiger partial charge in [-0.25, -0.2) is 13.4 Å². The van der Waals surface area contributed by atoms with Crippen LogP contribution in [0, 0.1) is 6.92 Å². The molecular weight excluding hydrogens is 318 g/mol. The van der Waals surface area contributed by atoms with Gasteiger partial charge in [-0.1, -0.05) is 6.07 Å². The Bertz CT molecular complexity index is 784. The molecule has 2 aromatic rings. The van der Waals surface area contributed by atoms with E-state index in [1.165, 1.54) is 6.26 Å². The predicted molar refractivity (Wildman–Crippen MR) is 91.1 cm³/mol. The van der Waals surface area contributed by atoms with E-state index in [-0.39, 0.29) is 0 Å². The van der Waals surface area contributed by atoms with Crippen molar-refractivity contribution in [2.75, 3.05) is 22.4 Å². The molecule has 0 spiro atoms. The summed E-state index contributed by atoms with van der Waals surface area (Å²) in [6.07, 6.45) is 3.09. The van der Waals surface area contributed by atoms with Gasteiger partial charge in [-0.05, 0) is 37.5 Å².